The van der Waals surface area contributed by atoms with Crippen LogP contribution in [-0.4, -0.2) is 12.6 Å². The first-order chi connectivity index (χ1) is 27.8. The first-order valence-corrected chi connectivity index (χ1v) is 21.5. The maximum atomic E-state index is 3.95. The molecule has 1 fully saturated rings. The second-order valence-electron chi connectivity index (χ2n) is 14.6. The lowest BCUT2D eigenvalue weighted by atomic mass is 10.0. The molecule has 1 aromatic heterocycles. The van der Waals surface area contributed by atoms with Crippen molar-refractivity contribution in [3.63, 3.8) is 0 Å². The van der Waals surface area contributed by atoms with Gasteiger partial charge in [0, 0.05) is 16.5 Å². The van der Waals surface area contributed by atoms with E-state index in [1.165, 1.54) is 59.2 Å². The summed E-state index contributed by atoms with van der Waals surface area (Å²) >= 11 is 0. The molecule has 2 heterocycles. The molecule has 270 valence electrons. The van der Waals surface area contributed by atoms with E-state index in [0.29, 0.717) is 0 Å². The molecule has 56 heavy (non-hydrogen) atoms. The van der Waals surface area contributed by atoms with Crippen molar-refractivity contribution >= 4 is 50.6 Å². The van der Waals surface area contributed by atoms with Crippen LogP contribution in [0.15, 0.2) is 218 Å². The van der Waals surface area contributed by atoms with E-state index >= 15 is 0 Å². The van der Waals surface area contributed by atoms with E-state index in [9.17, 15) is 0 Å². The van der Waals surface area contributed by atoms with Gasteiger partial charge in [-0.25, -0.2) is 0 Å². The fraction of sp³-hybridized carbons (Fsp3) is 0.0588. The molecule has 1 aliphatic rings. The minimum atomic E-state index is -3.01. The van der Waals surface area contributed by atoms with Gasteiger partial charge in [-0.2, -0.15) is 0 Å². The zero-order valence-electron chi connectivity index (χ0n) is 31.0. The Hall–Kier alpha value is -6.34. The van der Waals surface area contributed by atoms with E-state index < -0.39 is 8.07 Å². The number of fused-ring (bicyclic) bond motifs is 3. The number of hydrogen-bond acceptors (Lipinski definition) is 3. The molecule has 0 amide bonds. The van der Waals surface area contributed by atoms with E-state index in [-0.39, 0.29) is 18.5 Å². The first kappa shape index (κ1) is 34.2. The number of rotatable bonds is 8. The lowest BCUT2D eigenvalue weighted by molar-refractivity contribution is 0.203. The summed E-state index contributed by atoms with van der Waals surface area (Å²) in [6.45, 7) is 0. The molecule has 0 radical (unpaired) electrons. The summed E-state index contributed by atoms with van der Waals surface area (Å²) in [5.41, 5.74) is 7.19. The number of para-hydroxylation sites is 2. The molecule has 8 aromatic carbocycles. The summed E-state index contributed by atoms with van der Waals surface area (Å²) < 4.78 is 2.44. The van der Waals surface area contributed by atoms with Crippen LogP contribution < -0.4 is 36.7 Å². The molecule has 1 saturated heterocycles. The van der Waals surface area contributed by atoms with Crippen LogP contribution >= 0.6 is 0 Å². The third kappa shape index (κ3) is 5.90. The van der Waals surface area contributed by atoms with Crippen molar-refractivity contribution in [2.24, 2.45) is 0 Å². The third-order valence-corrected chi connectivity index (χ3v) is 16.2. The summed E-state index contributed by atoms with van der Waals surface area (Å²) in [6.07, 6.45) is -0.237. The Balaban J connectivity index is 1.23. The maximum Gasteiger partial charge on any atom is 0.180 e. The predicted octanol–water partition coefficient (Wildman–Crippen LogP) is 8.34. The Morgan fingerprint density at radius 2 is 0.786 bits per heavy atom. The van der Waals surface area contributed by atoms with Gasteiger partial charge in [-0.15, -0.1) is 0 Å². The van der Waals surface area contributed by atoms with Crippen molar-refractivity contribution in [3.8, 4) is 5.69 Å². The standard InChI is InChI=1S/C51H42N4Si/c1-6-20-37(21-7-1)49-52-50(38-22-8-2-9-23-38)54-51(53-49)39-24-18-31-43(36-39)56(41-27-12-4-13-28-41,42-29-14-5-15-30-42)47-35-19-34-46-48(47)44-32-16-17-33-45(44)55(46)40-25-10-3-11-26-40/h1-36,49-54H. The molecule has 1 aliphatic heterocycles. The number of nitrogens with one attached hydrogen (secondary N) is 3. The number of aromatic nitrogens is 1. The second kappa shape index (κ2) is 14.7. The maximum absolute atomic E-state index is 3.95. The minimum absolute atomic E-state index is 0.0561. The Kier molecular flexibility index (Phi) is 8.98. The Morgan fingerprint density at radius 1 is 0.357 bits per heavy atom. The number of nitrogens with zero attached hydrogens (tertiary/aromatic N) is 1. The van der Waals surface area contributed by atoms with Gasteiger partial charge >= 0.3 is 0 Å². The van der Waals surface area contributed by atoms with Gasteiger partial charge in [-0.05, 0) is 61.7 Å². The van der Waals surface area contributed by atoms with E-state index in [1.54, 1.807) is 0 Å². The predicted molar refractivity (Wildman–Crippen MR) is 235 cm³/mol. The van der Waals surface area contributed by atoms with Gasteiger partial charge in [0.25, 0.3) is 0 Å². The van der Waals surface area contributed by atoms with Gasteiger partial charge in [-0.1, -0.05) is 194 Å². The number of hydrogen-bond donors (Lipinski definition) is 3. The van der Waals surface area contributed by atoms with Crippen LogP contribution in [0.25, 0.3) is 27.5 Å². The highest BCUT2D eigenvalue weighted by Gasteiger charge is 2.44. The Labute approximate surface area is 329 Å². The molecule has 0 bridgehead atoms. The summed E-state index contributed by atoms with van der Waals surface area (Å²) in [4.78, 5) is 0. The van der Waals surface area contributed by atoms with Crippen LogP contribution in [0.4, 0.5) is 0 Å². The molecule has 9 aromatic rings. The van der Waals surface area contributed by atoms with Crippen molar-refractivity contribution in [1.82, 2.24) is 20.5 Å². The topological polar surface area (TPSA) is 41.0 Å². The highest BCUT2D eigenvalue weighted by Crippen LogP contribution is 2.33. The minimum Gasteiger partial charge on any atom is -0.309 e. The average molecular weight is 739 g/mol. The fourth-order valence-electron chi connectivity index (χ4n) is 8.99. The van der Waals surface area contributed by atoms with Gasteiger partial charge in [0.1, 0.15) is 0 Å². The van der Waals surface area contributed by atoms with Crippen LogP contribution in [0.1, 0.15) is 35.2 Å². The van der Waals surface area contributed by atoms with Crippen molar-refractivity contribution in [2.45, 2.75) is 18.5 Å². The van der Waals surface area contributed by atoms with E-state index in [4.69, 9.17) is 0 Å². The molecular formula is C51H42N4Si. The van der Waals surface area contributed by atoms with Crippen LogP contribution in [0.3, 0.4) is 0 Å². The average Bonchev–Trinajstić information content (AvgIpc) is 3.63. The van der Waals surface area contributed by atoms with E-state index in [1.807, 2.05) is 0 Å². The van der Waals surface area contributed by atoms with Gasteiger partial charge in [0.15, 0.2) is 8.07 Å². The van der Waals surface area contributed by atoms with Crippen molar-refractivity contribution < 1.29 is 0 Å². The molecule has 3 N–H and O–H groups in total. The summed E-state index contributed by atoms with van der Waals surface area (Å²) in [7, 11) is -3.01. The van der Waals surface area contributed by atoms with Crippen molar-refractivity contribution in [1.29, 1.82) is 0 Å². The molecule has 2 unspecified atom stereocenters. The largest absolute Gasteiger partial charge is 0.309 e. The smallest absolute Gasteiger partial charge is 0.180 e. The molecule has 10 rings (SSSR count). The SMILES string of the molecule is c1ccc(C2NC(c3ccccc3)NC(c3cccc([Si](c4ccccc4)(c4ccccc4)c4cccc5c4c4ccccc4n5-c4ccccc4)c3)N2)cc1. The zero-order chi connectivity index (χ0) is 37.3. The van der Waals surface area contributed by atoms with Crippen LogP contribution in [-0.2, 0) is 0 Å². The number of benzene rings is 8. The Morgan fingerprint density at radius 3 is 1.38 bits per heavy atom. The molecule has 4 nitrogen and oxygen atoms in total. The lowest BCUT2D eigenvalue weighted by Gasteiger charge is -2.40. The molecule has 0 saturated carbocycles. The Bertz CT molecular complexity index is 2650. The fourth-order valence-corrected chi connectivity index (χ4v) is 14.0. The summed E-state index contributed by atoms with van der Waals surface area (Å²) in [5, 5.41) is 19.7. The summed E-state index contributed by atoms with van der Waals surface area (Å²) in [6, 6.07) is 80.1. The third-order valence-electron chi connectivity index (χ3n) is 11.4. The molecule has 2 atom stereocenters. The molecule has 0 aliphatic carbocycles. The molecule has 5 heteroatoms. The van der Waals surface area contributed by atoms with Crippen LogP contribution in [0, 0.1) is 0 Å². The highest BCUT2D eigenvalue weighted by molar-refractivity contribution is 7.20. The van der Waals surface area contributed by atoms with E-state index in [0.717, 1.165) is 5.69 Å². The van der Waals surface area contributed by atoms with Gasteiger partial charge in [0.05, 0.1) is 29.5 Å². The lowest BCUT2D eigenvalue weighted by Crippen LogP contribution is -2.75. The molecular weight excluding hydrogens is 697 g/mol. The first-order valence-electron chi connectivity index (χ1n) is 19.5. The van der Waals surface area contributed by atoms with Gasteiger partial charge < -0.3 is 4.57 Å². The monoisotopic (exact) mass is 738 g/mol. The van der Waals surface area contributed by atoms with Crippen LogP contribution in [0.5, 0.6) is 0 Å². The quantitative estimate of drug-likeness (QED) is 0.109. The van der Waals surface area contributed by atoms with Crippen molar-refractivity contribution in [2.75, 3.05) is 0 Å². The highest BCUT2D eigenvalue weighted by atomic mass is 28.3. The normalized spacial score (nSPS) is 17.2. The molecule has 0 spiro atoms. The second-order valence-corrected chi connectivity index (χ2v) is 18.4. The van der Waals surface area contributed by atoms with Crippen LogP contribution in [0.2, 0.25) is 0 Å². The van der Waals surface area contributed by atoms with Gasteiger partial charge in [0.2, 0.25) is 0 Å². The van der Waals surface area contributed by atoms with Gasteiger partial charge in [-0.3, -0.25) is 16.0 Å². The van der Waals surface area contributed by atoms with E-state index in [2.05, 4.69) is 239 Å². The zero-order valence-corrected chi connectivity index (χ0v) is 32.0. The van der Waals surface area contributed by atoms with Crippen molar-refractivity contribution in [3.05, 3.63) is 235 Å². The summed E-state index contributed by atoms with van der Waals surface area (Å²) in [5.74, 6) is 0.